The molecule has 25 heavy (non-hydrogen) atoms. The van der Waals surface area contributed by atoms with E-state index in [2.05, 4.69) is 40.7 Å². The Kier molecular flexibility index (Phi) is 4.36. The van der Waals surface area contributed by atoms with Gasteiger partial charge >= 0.3 is 5.97 Å². The van der Waals surface area contributed by atoms with Gasteiger partial charge in [0.15, 0.2) is 11.8 Å². The number of ether oxygens (including phenoxy) is 1. The zero-order valence-electron chi connectivity index (χ0n) is 15.2. The zero-order chi connectivity index (χ0) is 17.4. The minimum atomic E-state index is -0.0989. The highest BCUT2D eigenvalue weighted by molar-refractivity contribution is 6.04. The van der Waals surface area contributed by atoms with Gasteiger partial charge in [-0.2, -0.15) is 0 Å². The van der Waals surface area contributed by atoms with Crippen LogP contribution in [-0.4, -0.2) is 40.9 Å². The Hall–Kier alpha value is -2.10. The van der Waals surface area contributed by atoms with Crippen LogP contribution in [0.1, 0.15) is 62.6 Å². The van der Waals surface area contributed by atoms with E-state index < -0.39 is 0 Å². The molecule has 0 fully saturated rings. The van der Waals surface area contributed by atoms with Crippen molar-refractivity contribution in [3.05, 3.63) is 35.5 Å². The van der Waals surface area contributed by atoms with Crippen LogP contribution in [0.25, 0.3) is 10.9 Å². The number of methoxy groups -OCH3 is 1. The molecule has 0 bridgehead atoms. The van der Waals surface area contributed by atoms with Crippen molar-refractivity contribution in [3.63, 3.8) is 0 Å². The van der Waals surface area contributed by atoms with E-state index in [1.807, 2.05) is 0 Å². The SMILES string of the molecule is CCC1c2c([nH]c3ccccc23)C2=[N+](CCCC2)C1CCC(=O)OC. The molecule has 2 aliphatic rings. The molecule has 1 aromatic heterocycles. The predicted molar refractivity (Wildman–Crippen MR) is 99.5 cm³/mol. The first kappa shape index (κ1) is 16.4. The third-order valence-electron chi connectivity index (χ3n) is 5.99. The molecule has 132 valence electrons. The zero-order valence-corrected chi connectivity index (χ0v) is 15.2. The minimum Gasteiger partial charge on any atom is -0.469 e. The van der Waals surface area contributed by atoms with Crippen LogP contribution in [0.4, 0.5) is 0 Å². The monoisotopic (exact) mass is 339 g/mol. The fourth-order valence-electron chi connectivity index (χ4n) is 4.87. The summed E-state index contributed by atoms with van der Waals surface area (Å²) in [5, 5.41) is 1.35. The molecule has 2 aliphatic heterocycles. The van der Waals surface area contributed by atoms with E-state index in [0.29, 0.717) is 18.4 Å². The van der Waals surface area contributed by atoms with Gasteiger partial charge < -0.3 is 9.72 Å². The molecule has 0 aliphatic carbocycles. The maximum absolute atomic E-state index is 11.8. The van der Waals surface area contributed by atoms with Gasteiger partial charge in [-0.05, 0) is 18.9 Å². The number of hydrogen-bond acceptors (Lipinski definition) is 2. The standard InChI is InChI=1S/C21H26N2O2/c1-3-14-17(11-12-19(24)25-2)23-13-7-6-10-18(23)21-20(14)15-8-4-5-9-16(15)22-21/h4-5,8-9,14,17H,3,6-7,10-13H2,1-2H3/p+1. The summed E-state index contributed by atoms with van der Waals surface area (Å²) in [7, 11) is 1.48. The molecule has 2 unspecified atom stereocenters. The summed E-state index contributed by atoms with van der Waals surface area (Å²) in [5.74, 6) is 0.357. The van der Waals surface area contributed by atoms with Crippen molar-refractivity contribution in [2.45, 2.75) is 57.4 Å². The van der Waals surface area contributed by atoms with Crippen molar-refractivity contribution in [3.8, 4) is 0 Å². The molecule has 2 atom stereocenters. The van der Waals surface area contributed by atoms with Crippen molar-refractivity contribution in [1.29, 1.82) is 0 Å². The highest BCUT2D eigenvalue weighted by Gasteiger charge is 2.43. The van der Waals surface area contributed by atoms with Crippen LogP contribution in [-0.2, 0) is 9.53 Å². The molecule has 1 N–H and O–H groups in total. The third kappa shape index (κ3) is 2.68. The molecular formula is C21H27N2O2+. The number of para-hydroxylation sites is 1. The third-order valence-corrected chi connectivity index (χ3v) is 5.99. The molecule has 4 heteroatoms. The largest absolute Gasteiger partial charge is 0.469 e. The van der Waals surface area contributed by atoms with Gasteiger partial charge in [0, 0.05) is 41.6 Å². The molecule has 3 heterocycles. The lowest BCUT2D eigenvalue weighted by Gasteiger charge is -2.32. The molecule has 0 saturated heterocycles. The van der Waals surface area contributed by atoms with E-state index in [-0.39, 0.29) is 5.97 Å². The summed E-state index contributed by atoms with van der Waals surface area (Å²) < 4.78 is 7.50. The van der Waals surface area contributed by atoms with Crippen molar-refractivity contribution >= 4 is 22.6 Å². The number of carbonyl (C=O) groups is 1. The number of nitrogens with one attached hydrogen (secondary N) is 1. The van der Waals surface area contributed by atoms with Crippen molar-refractivity contribution in [2.75, 3.05) is 13.7 Å². The highest BCUT2D eigenvalue weighted by Crippen LogP contribution is 2.41. The van der Waals surface area contributed by atoms with Gasteiger partial charge in [-0.1, -0.05) is 25.1 Å². The number of benzene rings is 1. The Labute approximate surface area is 148 Å². The summed E-state index contributed by atoms with van der Waals surface area (Å²) in [6.45, 7) is 3.38. The summed E-state index contributed by atoms with van der Waals surface area (Å²) in [4.78, 5) is 15.5. The first-order valence-corrected chi connectivity index (χ1v) is 9.54. The summed E-state index contributed by atoms with van der Waals surface area (Å²) >= 11 is 0. The number of rotatable bonds is 4. The second kappa shape index (κ2) is 6.66. The van der Waals surface area contributed by atoms with Crippen LogP contribution in [0.5, 0.6) is 0 Å². The molecule has 0 spiro atoms. The molecule has 1 aromatic carbocycles. The van der Waals surface area contributed by atoms with Crippen LogP contribution in [0.15, 0.2) is 24.3 Å². The van der Waals surface area contributed by atoms with Crippen molar-refractivity contribution < 1.29 is 14.1 Å². The second-order valence-electron chi connectivity index (χ2n) is 7.25. The second-order valence-corrected chi connectivity index (χ2v) is 7.25. The van der Waals surface area contributed by atoms with E-state index in [1.165, 1.54) is 47.8 Å². The lowest BCUT2D eigenvalue weighted by Crippen LogP contribution is -2.44. The van der Waals surface area contributed by atoms with E-state index in [9.17, 15) is 4.79 Å². The smallest absolute Gasteiger partial charge is 0.305 e. The van der Waals surface area contributed by atoms with Crippen LogP contribution in [0, 0.1) is 0 Å². The number of aromatic amines is 1. The van der Waals surface area contributed by atoms with Crippen molar-refractivity contribution in [1.82, 2.24) is 4.98 Å². The highest BCUT2D eigenvalue weighted by atomic mass is 16.5. The molecule has 2 aromatic rings. The van der Waals surface area contributed by atoms with Gasteiger partial charge in [-0.25, -0.2) is 4.58 Å². The fourth-order valence-corrected chi connectivity index (χ4v) is 4.87. The number of fused-ring (bicyclic) bond motifs is 4. The number of aromatic nitrogens is 1. The van der Waals surface area contributed by atoms with Crippen LogP contribution in [0.2, 0.25) is 0 Å². The topological polar surface area (TPSA) is 45.1 Å². The van der Waals surface area contributed by atoms with Gasteiger partial charge in [-0.3, -0.25) is 4.79 Å². The maximum atomic E-state index is 11.8. The van der Waals surface area contributed by atoms with Gasteiger partial charge in [0.05, 0.1) is 13.5 Å². The predicted octanol–water partition coefficient (Wildman–Crippen LogP) is 3.98. The van der Waals surface area contributed by atoms with Gasteiger partial charge in [0.1, 0.15) is 12.2 Å². The maximum Gasteiger partial charge on any atom is 0.305 e. The first-order valence-electron chi connectivity index (χ1n) is 9.54. The molecule has 0 radical (unpaired) electrons. The summed E-state index contributed by atoms with van der Waals surface area (Å²) in [6.07, 6.45) is 6.08. The molecule has 4 nitrogen and oxygen atoms in total. The summed E-state index contributed by atoms with van der Waals surface area (Å²) in [6, 6.07) is 9.04. The van der Waals surface area contributed by atoms with E-state index in [4.69, 9.17) is 4.74 Å². The molecule has 0 saturated carbocycles. The van der Waals surface area contributed by atoms with Gasteiger partial charge in [-0.15, -0.1) is 0 Å². The van der Waals surface area contributed by atoms with Crippen LogP contribution in [0.3, 0.4) is 0 Å². The van der Waals surface area contributed by atoms with Crippen molar-refractivity contribution in [2.24, 2.45) is 0 Å². The van der Waals surface area contributed by atoms with Gasteiger partial charge in [0.25, 0.3) is 0 Å². The lowest BCUT2D eigenvalue weighted by atomic mass is 9.79. The first-order chi connectivity index (χ1) is 12.2. The minimum absolute atomic E-state index is 0.0989. The average molecular weight is 339 g/mol. The van der Waals surface area contributed by atoms with E-state index >= 15 is 0 Å². The number of esters is 1. The molecule has 0 amide bonds. The Morgan fingerprint density at radius 3 is 2.96 bits per heavy atom. The average Bonchev–Trinajstić information content (AvgIpc) is 3.05. The fraction of sp³-hybridized carbons (Fsp3) is 0.524. The molecule has 4 rings (SSSR count). The number of carbonyl (C=O) groups excluding carboxylic acids is 1. The van der Waals surface area contributed by atoms with Crippen LogP contribution >= 0.6 is 0 Å². The Bertz CT molecular complexity index is 834. The Morgan fingerprint density at radius 2 is 2.16 bits per heavy atom. The van der Waals surface area contributed by atoms with E-state index in [1.54, 1.807) is 0 Å². The molecular weight excluding hydrogens is 312 g/mol. The number of hydrogen-bond donors (Lipinski definition) is 1. The number of nitrogens with zero attached hydrogens (tertiary/aromatic N) is 1. The van der Waals surface area contributed by atoms with E-state index in [0.717, 1.165) is 25.8 Å². The van der Waals surface area contributed by atoms with Crippen LogP contribution < -0.4 is 0 Å². The Morgan fingerprint density at radius 1 is 1.32 bits per heavy atom. The van der Waals surface area contributed by atoms with Gasteiger partial charge in [0.2, 0.25) is 0 Å². The normalized spacial score (nSPS) is 22.6. The Balaban J connectivity index is 1.84. The lowest BCUT2D eigenvalue weighted by molar-refractivity contribution is -0.577. The number of H-pyrrole nitrogens is 1. The quantitative estimate of drug-likeness (QED) is 0.676. The summed E-state index contributed by atoms with van der Waals surface area (Å²) in [5.41, 5.74) is 5.51.